The molecule has 1 saturated heterocycles. The van der Waals surface area contributed by atoms with Crippen LogP contribution in [-0.4, -0.2) is 12.1 Å². The molecule has 2 aliphatic rings. The van der Waals surface area contributed by atoms with Crippen molar-refractivity contribution < 1.29 is 0 Å². The molecular formula is C10H19N. The van der Waals surface area contributed by atoms with E-state index in [-0.39, 0.29) is 0 Å². The van der Waals surface area contributed by atoms with Crippen LogP contribution in [0.3, 0.4) is 0 Å². The molecule has 0 radical (unpaired) electrons. The molecular weight excluding hydrogens is 134 g/mol. The molecule has 1 nitrogen and oxygen atoms in total. The van der Waals surface area contributed by atoms with Crippen LogP contribution in [0, 0.1) is 5.92 Å². The van der Waals surface area contributed by atoms with Gasteiger partial charge in [0.25, 0.3) is 0 Å². The van der Waals surface area contributed by atoms with Gasteiger partial charge in [-0.25, -0.2) is 0 Å². The van der Waals surface area contributed by atoms with Gasteiger partial charge in [0.05, 0.1) is 0 Å². The number of piperidine rings is 1. The van der Waals surface area contributed by atoms with Crippen molar-refractivity contribution in [2.24, 2.45) is 5.92 Å². The van der Waals surface area contributed by atoms with Crippen molar-refractivity contribution in [3.05, 3.63) is 0 Å². The van der Waals surface area contributed by atoms with Gasteiger partial charge in [0, 0.05) is 12.1 Å². The first-order chi connectivity index (χ1) is 5.40. The molecule has 0 aromatic heterocycles. The Hall–Kier alpha value is -0.0400. The van der Waals surface area contributed by atoms with Gasteiger partial charge in [-0.05, 0) is 38.0 Å². The van der Waals surface area contributed by atoms with Crippen molar-refractivity contribution in [3.8, 4) is 0 Å². The van der Waals surface area contributed by atoms with E-state index in [1.165, 1.54) is 38.5 Å². The monoisotopic (exact) mass is 153 g/mol. The van der Waals surface area contributed by atoms with E-state index in [1.807, 2.05) is 0 Å². The van der Waals surface area contributed by atoms with Crippen LogP contribution in [0.2, 0.25) is 0 Å². The molecule has 0 bridgehead atoms. The molecule has 1 aliphatic carbocycles. The van der Waals surface area contributed by atoms with Crippen LogP contribution in [0.5, 0.6) is 0 Å². The van der Waals surface area contributed by atoms with Gasteiger partial charge < -0.3 is 5.32 Å². The minimum Gasteiger partial charge on any atom is -0.311 e. The summed E-state index contributed by atoms with van der Waals surface area (Å²) >= 11 is 0. The molecule has 11 heavy (non-hydrogen) atoms. The van der Waals surface area contributed by atoms with E-state index >= 15 is 0 Å². The number of rotatable bonds is 1. The van der Waals surface area contributed by atoms with Gasteiger partial charge in [-0.15, -0.1) is 0 Å². The van der Waals surface area contributed by atoms with Crippen molar-refractivity contribution in [2.45, 2.75) is 57.5 Å². The normalized spacial score (nSPS) is 43.9. The highest BCUT2D eigenvalue weighted by atomic mass is 15.0. The van der Waals surface area contributed by atoms with E-state index in [1.54, 1.807) is 0 Å². The molecule has 2 fully saturated rings. The molecule has 1 heterocycles. The summed E-state index contributed by atoms with van der Waals surface area (Å²) in [5.74, 6) is 1.04. The van der Waals surface area contributed by atoms with E-state index in [4.69, 9.17) is 0 Å². The highest BCUT2D eigenvalue weighted by Crippen LogP contribution is 2.33. The van der Waals surface area contributed by atoms with Crippen LogP contribution in [0.25, 0.3) is 0 Å². The van der Waals surface area contributed by atoms with Gasteiger partial charge in [0.15, 0.2) is 0 Å². The van der Waals surface area contributed by atoms with Crippen molar-refractivity contribution in [3.63, 3.8) is 0 Å². The summed E-state index contributed by atoms with van der Waals surface area (Å²) in [4.78, 5) is 0. The average molecular weight is 153 g/mol. The first-order valence-corrected chi connectivity index (χ1v) is 5.16. The maximum absolute atomic E-state index is 3.77. The zero-order valence-corrected chi connectivity index (χ0v) is 7.47. The van der Waals surface area contributed by atoms with Crippen molar-refractivity contribution >= 4 is 0 Å². The predicted molar refractivity (Wildman–Crippen MR) is 47.6 cm³/mol. The first kappa shape index (κ1) is 7.60. The summed E-state index contributed by atoms with van der Waals surface area (Å²) in [5.41, 5.74) is 0. The van der Waals surface area contributed by atoms with Crippen LogP contribution in [0.4, 0.5) is 0 Å². The Kier molecular flexibility index (Phi) is 2.17. The first-order valence-electron chi connectivity index (χ1n) is 5.16. The Balaban J connectivity index is 1.91. The Morgan fingerprint density at radius 2 is 2.09 bits per heavy atom. The Labute approximate surface area is 69.6 Å². The molecule has 1 saturated carbocycles. The number of hydrogen-bond acceptors (Lipinski definition) is 1. The fourth-order valence-corrected chi connectivity index (χ4v) is 2.73. The van der Waals surface area contributed by atoms with Gasteiger partial charge in [-0.2, -0.15) is 0 Å². The number of fused-ring (bicyclic) bond motifs is 1. The minimum atomic E-state index is 0.842. The molecule has 1 heteroatoms. The maximum atomic E-state index is 3.77. The maximum Gasteiger partial charge on any atom is 0.00979 e. The molecule has 0 aromatic rings. The van der Waals surface area contributed by atoms with Gasteiger partial charge in [0.2, 0.25) is 0 Å². The Bertz CT molecular complexity index is 133. The molecule has 3 unspecified atom stereocenters. The van der Waals surface area contributed by atoms with E-state index in [2.05, 4.69) is 12.2 Å². The topological polar surface area (TPSA) is 12.0 Å². The smallest absolute Gasteiger partial charge is 0.00979 e. The largest absolute Gasteiger partial charge is 0.311 e. The van der Waals surface area contributed by atoms with Crippen LogP contribution in [0.1, 0.15) is 45.4 Å². The minimum absolute atomic E-state index is 0.842. The Morgan fingerprint density at radius 1 is 1.18 bits per heavy atom. The molecule has 3 atom stereocenters. The van der Waals surface area contributed by atoms with E-state index in [9.17, 15) is 0 Å². The van der Waals surface area contributed by atoms with Crippen LogP contribution < -0.4 is 5.32 Å². The molecule has 0 amide bonds. The van der Waals surface area contributed by atoms with Gasteiger partial charge in [0.1, 0.15) is 0 Å². The third-order valence-electron chi connectivity index (χ3n) is 3.49. The standard InChI is InChI=1S/C10H19N/c1-2-9-7-6-8-4-3-5-10(8)11-9/h8-11H,2-7H2,1H3. The lowest BCUT2D eigenvalue weighted by Crippen LogP contribution is -2.44. The lowest BCUT2D eigenvalue weighted by Gasteiger charge is -2.32. The zero-order chi connectivity index (χ0) is 7.68. The van der Waals surface area contributed by atoms with Crippen molar-refractivity contribution in [1.82, 2.24) is 5.32 Å². The van der Waals surface area contributed by atoms with Crippen LogP contribution in [-0.2, 0) is 0 Å². The summed E-state index contributed by atoms with van der Waals surface area (Å²) in [6.45, 7) is 2.30. The lowest BCUT2D eigenvalue weighted by molar-refractivity contribution is 0.254. The summed E-state index contributed by atoms with van der Waals surface area (Å²) < 4.78 is 0. The molecule has 1 aliphatic heterocycles. The SMILES string of the molecule is CCC1CCC2CCCC2N1. The van der Waals surface area contributed by atoms with E-state index in [0.29, 0.717) is 0 Å². The second-order valence-electron chi connectivity index (χ2n) is 4.15. The van der Waals surface area contributed by atoms with E-state index < -0.39 is 0 Å². The summed E-state index contributed by atoms with van der Waals surface area (Å²) in [6, 6.07) is 1.74. The second kappa shape index (κ2) is 3.14. The summed E-state index contributed by atoms with van der Waals surface area (Å²) in [6.07, 6.45) is 8.66. The fraction of sp³-hybridized carbons (Fsp3) is 1.00. The quantitative estimate of drug-likeness (QED) is 0.609. The third-order valence-corrected chi connectivity index (χ3v) is 3.49. The summed E-state index contributed by atoms with van der Waals surface area (Å²) in [5, 5.41) is 3.77. The van der Waals surface area contributed by atoms with Gasteiger partial charge in [-0.1, -0.05) is 13.3 Å². The van der Waals surface area contributed by atoms with Crippen LogP contribution >= 0.6 is 0 Å². The van der Waals surface area contributed by atoms with Gasteiger partial charge in [-0.3, -0.25) is 0 Å². The number of nitrogens with one attached hydrogen (secondary N) is 1. The predicted octanol–water partition coefficient (Wildman–Crippen LogP) is 2.32. The van der Waals surface area contributed by atoms with E-state index in [0.717, 1.165) is 18.0 Å². The average Bonchev–Trinajstić information content (AvgIpc) is 2.50. The molecule has 2 rings (SSSR count). The van der Waals surface area contributed by atoms with Crippen molar-refractivity contribution in [1.29, 1.82) is 0 Å². The number of hydrogen-bond donors (Lipinski definition) is 1. The summed E-state index contributed by atoms with van der Waals surface area (Å²) in [7, 11) is 0. The molecule has 64 valence electrons. The molecule has 0 aromatic carbocycles. The third kappa shape index (κ3) is 1.44. The lowest BCUT2D eigenvalue weighted by atomic mass is 9.89. The van der Waals surface area contributed by atoms with Crippen LogP contribution in [0.15, 0.2) is 0 Å². The van der Waals surface area contributed by atoms with Crippen molar-refractivity contribution in [2.75, 3.05) is 0 Å². The Morgan fingerprint density at radius 3 is 2.91 bits per heavy atom. The highest BCUT2D eigenvalue weighted by molar-refractivity contribution is 4.90. The zero-order valence-electron chi connectivity index (χ0n) is 7.47. The fourth-order valence-electron chi connectivity index (χ4n) is 2.73. The molecule has 1 N–H and O–H groups in total. The highest BCUT2D eigenvalue weighted by Gasteiger charge is 2.32. The van der Waals surface area contributed by atoms with Gasteiger partial charge >= 0.3 is 0 Å². The molecule has 0 spiro atoms. The second-order valence-corrected chi connectivity index (χ2v) is 4.15.